The van der Waals surface area contributed by atoms with Gasteiger partial charge in [-0.2, -0.15) is 5.10 Å². The Hall–Kier alpha value is -1.56. The van der Waals surface area contributed by atoms with Gasteiger partial charge in [-0.15, -0.1) is 0 Å². The number of hydrogen-bond acceptors (Lipinski definition) is 4. The second-order valence-electron chi connectivity index (χ2n) is 3.95. The van der Waals surface area contributed by atoms with Crippen LogP contribution in [-0.4, -0.2) is 27.8 Å². The topological polar surface area (TPSA) is 99.0 Å². The lowest BCUT2D eigenvalue weighted by atomic mass is 10.2. The van der Waals surface area contributed by atoms with Crippen molar-refractivity contribution in [3.8, 4) is 0 Å². The van der Waals surface area contributed by atoms with Crippen LogP contribution in [0.2, 0.25) is 0 Å². The summed E-state index contributed by atoms with van der Waals surface area (Å²) in [4.78, 5) is 11.2. The van der Waals surface area contributed by atoms with E-state index in [0.29, 0.717) is 17.1 Å². The third-order valence-corrected chi connectivity index (χ3v) is 2.63. The Bertz CT molecular complexity index is 411. The van der Waals surface area contributed by atoms with E-state index in [4.69, 9.17) is 11.5 Å². The maximum absolute atomic E-state index is 11.2. The second-order valence-corrected chi connectivity index (χ2v) is 3.95. The average molecular weight is 209 g/mol. The maximum atomic E-state index is 11.2. The first-order valence-electron chi connectivity index (χ1n) is 4.86. The van der Waals surface area contributed by atoms with E-state index >= 15 is 0 Å². The Morgan fingerprint density at radius 3 is 2.73 bits per heavy atom. The monoisotopic (exact) mass is 209 g/mol. The number of amides is 1. The summed E-state index contributed by atoms with van der Waals surface area (Å²) in [6.45, 7) is 1.76. The van der Waals surface area contributed by atoms with E-state index in [-0.39, 0.29) is 12.1 Å². The van der Waals surface area contributed by atoms with E-state index < -0.39 is 5.91 Å². The summed E-state index contributed by atoms with van der Waals surface area (Å²) in [5.74, 6) is 0.204. The molecule has 0 aliphatic heterocycles. The highest BCUT2D eigenvalue weighted by atomic mass is 16.1. The smallest absolute Gasteiger partial charge is 0.254 e. The Morgan fingerprint density at radius 1 is 1.67 bits per heavy atom. The van der Waals surface area contributed by atoms with Gasteiger partial charge in [0.25, 0.3) is 5.91 Å². The van der Waals surface area contributed by atoms with Gasteiger partial charge in [0.05, 0.1) is 5.69 Å². The number of nitrogens with one attached hydrogen (secondary N) is 1. The summed E-state index contributed by atoms with van der Waals surface area (Å²) in [7, 11) is 1.77. The van der Waals surface area contributed by atoms with Crippen LogP contribution in [0.3, 0.4) is 0 Å². The fourth-order valence-electron chi connectivity index (χ4n) is 1.67. The molecule has 2 unspecified atom stereocenters. The quantitative estimate of drug-likeness (QED) is 0.615. The van der Waals surface area contributed by atoms with Crippen LogP contribution >= 0.6 is 0 Å². The van der Waals surface area contributed by atoms with Gasteiger partial charge in [0.1, 0.15) is 11.4 Å². The Kier molecular flexibility index (Phi) is 2.15. The largest absolute Gasteiger partial charge is 0.365 e. The first kappa shape index (κ1) is 9.97. The number of nitrogens with zero attached hydrogens (tertiary/aromatic N) is 2. The van der Waals surface area contributed by atoms with E-state index in [0.717, 1.165) is 6.42 Å². The van der Waals surface area contributed by atoms with Gasteiger partial charge in [0.2, 0.25) is 0 Å². The van der Waals surface area contributed by atoms with Crippen molar-refractivity contribution >= 4 is 11.7 Å². The van der Waals surface area contributed by atoms with E-state index in [1.54, 1.807) is 18.7 Å². The zero-order valence-corrected chi connectivity index (χ0v) is 8.82. The van der Waals surface area contributed by atoms with Crippen molar-refractivity contribution in [2.24, 2.45) is 18.5 Å². The number of anilines is 1. The molecule has 2 rings (SSSR count). The van der Waals surface area contributed by atoms with E-state index in [9.17, 15) is 4.79 Å². The average Bonchev–Trinajstić information content (AvgIpc) is 2.71. The molecule has 1 amide bonds. The van der Waals surface area contributed by atoms with Crippen molar-refractivity contribution in [1.82, 2.24) is 9.78 Å². The number of rotatable bonds is 3. The molecule has 2 atom stereocenters. The zero-order valence-electron chi connectivity index (χ0n) is 8.82. The van der Waals surface area contributed by atoms with Gasteiger partial charge in [-0.25, -0.2) is 0 Å². The highest BCUT2D eigenvalue weighted by molar-refractivity contribution is 5.99. The lowest BCUT2D eigenvalue weighted by molar-refractivity contribution is 0.100. The number of hydrogen-bond donors (Lipinski definition) is 3. The van der Waals surface area contributed by atoms with Gasteiger partial charge in [-0.1, -0.05) is 0 Å². The molecule has 6 heteroatoms. The van der Waals surface area contributed by atoms with Crippen molar-refractivity contribution in [3.63, 3.8) is 0 Å². The zero-order chi connectivity index (χ0) is 11.2. The van der Waals surface area contributed by atoms with Crippen LogP contribution in [0.25, 0.3) is 0 Å². The standard InChI is InChI=1S/C9H15N5O/c1-4-7(8(11)15)9(14(2)13-4)12-6-3-5(6)10/h5-6,12H,3,10H2,1-2H3,(H2,11,15). The molecule has 0 bridgehead atoms. The molecule has 0 radical (unpaired) electrons. The molecular formula is C9H15N5O. The Morgan fingerprint density at radius 2 is 2.27 bits per heavy atom. The van der Waals surface area contributed by atoms with E-state index in [1.807, 2.05) is 0 Å². The van der Waals surface area contributed by atoms with Gasteiger partial charge in [0, 0.05) is 19.1 Å². The Balaban J connectivity index is 2.31. The van der Waals surface area contributed by atoms with Crippen molar-refractivity contribution in [2.45, 2.75) is 25.4 Å². The molecule has 0 spiro atoms. The number of carbonyl (C=O) groups excluding carboxylic acids is 1. The van der Waals surface area contributed by atoms with E-state index in [2.05, 4.69) is 10.4 Å². The van der Waals surface area contributed by atoms with Crippen LogP contribution in [0.15, 0.2) is 0 Å². The molecule has 1 aromatic heterocycles. The Labute approximate surface area is 87.6 Å². The van der Waals surface area contributed by atoms with Gasteiger partial charge in [-0.05, 0) is 13.3 Å². The lowest BCUT2D eigenvalue weighted by Gasteiger charge is -2.06. The van der Waals surface area contributed by atoms with Gasteiger partial charge < -0.3 is 16.8 Å². The number of primary amides is 1. The van der Waals surface area contributed by atoms with Crippen LogP contribution in [0, 0.1) is 6.92 Å². The summed E-state index contributed by atoms with van der Waals surface area (Å²) < 4.78 is 1.63. The van der Waals surface area contributed by atoms with Gasteiger partial charge in [0.15, 0.2) is 0 Å². The predicted octanol–water partition coefficient (Wildman–Crippen LogP) is -0.661. The molecule has 1 aliphatic carbocycles. The van der Waals surface area contributed by atoms with Crippen molar-refractivity contribution < 1.29 is 4.79 Å². The van der Waals surface area contributed by atoms with Crippen molar-refractivity contribution in [3.05, 3.63) is 11.3 Å². The third-order valence-electron chi connectivity index (χ3n) is 2.63. The molecule has 1 aliphatic rings. The molecule has 1 heterocycles. The number of nitrogens with two attached hydrogens (primary N) is 2. The fourth-order valence-corrected chi connectivity index (χ4v) is 1.67. The summed E-state index contributed by atoms with van der Waals surface area (Å²) in [6.07, 6.45) is 0.919. The number of carbonyl (C=O) groups is 1. The van der Waals surface area contributed by atoms with E-state index in [1.165, 1.54) is 0 Å². The molecule has 5 N–H and O–H groups in total. The predicted molar refractivity (Wildman–Crippen MR) is 56.5 cm³/mol. The third kappa shape index (κ3) is 1.68. The molecule has 6 nitrogen and oxygen atoms in total. The van der Waals surface area contributed by atoms with Crippen LogP contribution in [0.1, 0.15) is 22.5 Å². The van der Waals surface area contributed by atoms with Crippen LogP contribution in [0.4, 0.5) is 5.82 Å². The number of aromatic nitrogens is 2. The first-order valence-corrected chi connectivity index (χ1v) is 4.86. The summed E-state index contributed by atoms with van der Waals surface area (Å²) in [6, 6.07) is 0.402. The molecular weight excluding hydrogens is 194 g/mol. The molecule has 1 fully saturated rings. The van der Waals surface area contributed by atoms with Crippen LogP contribution < -0.4 is 16.8 Å². The molecule has 0 saturated heterocycles. The minimum absolute atomic E-state index is 0.168. The maximum Gasteiger partial charge on any atom is 0.254 e. The highest BCUT2D eigenvalue weighted by Gasteiger charge is 2.35. The van der Waals surface area contributed by atoms with Gasteiger partial charge >= 0.3 is 0 Å². The van der Waals surface area contributed by atoms with Gasteiger partial charge in [-0.3, -0.25) is 9.48 Å². The van der Waals surface area contributed by atoms with Crippen LogP contribution in [0.5, 0.6) is 0 Å². The molecule has 0 aromatic carbocycles. The molecule has 82 valence electrons. The fraction of sp³-hybridized carbons (Fsp3) is 0.556. The van der Waals surface area contributed by atoms with Crippen molar-refractivity contribution in [2.75, 3.05) is 5.32 Å². The molecule has 15 heavy (non-hydrogen) atoms. The molecule has 1 saturated carbocycles. The minimum Gasteiger partial charge on any atom is -0.365 e. The summed E-state index contributed by atoms with van der Waals surface area (Å²) in [5, 5.41) is 7.33. The first-order chi connectivity index (χ1) is 7.00. The second kappa shape index (κ2) is 3.23. The molecule has 1 aromatic rings. The lowest BCUT2D eigenvalue weighted by Crippen LogP contribution is -2.19. The van der Waals surface area contributed by atoms with Crippen molar-refractivity contribution in [1.29, 1.82) is 0 Å². The highest BCUT2D eigenvalue weighted by Crippen LogP contribution is 2.26. The summed E-state index contributed by atoms with van der Waals surface area (Å²) in [5.41, 5.74) is 12.1. The number of aryl methyl sites for hydroxylation is 2. The SMILES string of the molecule is Cc1nn(C)c(NC2CC2N)c1C(N)=O. The summed E-state index contributed by atoms with van der Waals surface area (Å²) >= 11 is 0. The minimum atomic E-state index is -0.461. The van der Waals surface area contributed by atoms with Crippen LogP contribution in [-0.2, 0) is 7.05 Å². The normalized spacial score (nSPS) is 23.9.